The molecule has 0 amide bonds. The number of aryl methyl sites for hydroxylation is 1. The molecule has 178 valence electrons. The van der Waals surface area contributed by atoms with Gasteiger partial charge in [0.05, 0.1) is 24.5 Å². The Hall–Kier alpha value is -2.40. The highest BCUT2D eigenvalue weighted by atomic mass is 127. The predicted octanol–water partition coefficient (Wildman–Crippen LogP) is 4.42. The standard InChI is InChI=1S/C24H31FN6O.HI/c1-3-26-24(29-17-22(23-7-6-14-32-23)30-11-4-5-12-30)28-16-19-8-9-21(20(25)15-19)31-13-10-27-18(31)2;/h6-10,13-15,22H,3-5,11-12,16-17H2,1-2H3,(H2,26,28,29);1H. The number of hydrogen-bond donors (Lipinski definition) is 2. The number of rotatable bonds is 8. The topological polar surface area (TPSA) is 70.6 Å². The van der Waals surface area contributed by atoms with Crippen LogP contribution in [0.4, 0.5) is 4.39 Å². The minimum absolute atomic E-state index is 0. The van der Waals surface area contributed by atoms with Gasteiger partial charge >= 0.3 is 0 Å². The average molecular weight is 566 g/mol. The lowest BCUT2D eigenvalue weighted by Gasteiger charge is -2.26. The maximum Gasteiger partial charge on any atom is 0.191 e. The Morgan fingerprint density at radius 2 is 2.06 bits per heavy atom. The van der Waals surface area contributed by atoms with Crippen molar-refractivity contribution in [2.45, 2.75) is 39.3 Å². The van der Waals surface area contributed by atoms with Crippen molar-refractivity contribution in [2.24, 2.45) is 4.99 Å². The van der Waals surface area contributed by atoms with Crippen LogP contribution in [0.1, 0.15) is 43.0 Å². The SMILES string of the molecule is CCNC(=NCc1ccc(-n2ccnc2C)c(F)c1)NCC(c1ccco1)N1CCCC1.I. The van der Waals surface area contributed by atoms with E-state index in [-0.39, 0.29) is 35.8 Å². The van der Waals surface area contributed by atoms with Gasteiger partial charge in [-0.2, -0.15) is 0 Å². The Labute approximate surface area is 211 Å². The van der Waals surface area contributed by atoms with E-state index >= 15 is 0 Å². The Bertz CT molecular complexity index is 1030. The number of benzene rings is 1. The third-order valence-electron chi connectivity index (χ3n) is 5.78. The van der Waals surface area contributed by atoms with Crippen molar-refractivity contribution < 1.29 is 8.81 Å². The molecule has 4 rings (SSSR count). The molecule has 2 N–H and O–H groups in total. The Morgan fingerprint density at radius 3 is 2.70 bits per heavy atom. The molecular formula is C24H32FIN6O. The molecule has 1 aliphatic rings. The quantitative estimate of drug-likeness (QED) is 0.240. The summed E-state index contributed by atoms with van der Waals surface area (Å²) in [5.74, 6) is 2.13. The lowest BCUT2D eigenvalue weighted by Crippen LogP contribution is -2.42. The van der Waals surface area contributed by atoms with Gasteiger partial charge in [0.15, 0.2) is 5.96 Å². The second kappa shape index (κ2) is 12.2. The normalized spacial score (nSPS) is 15.3. The summed E-state index contributed by atoms with van der Waals surface area (Å²) in [5.41, 5.74) is 1.30. The third kappa shape index (κ3) is 6.35. The number of imidazole rings is 1. The van der Waals surface area contributed by atoms with Gasteiger partial charge in [-0.15, -0.1) is 24.0 Å². The third-order valence-corrected chi connectivity index (χ3v) is 5.78. The molecule has 0 aliphatic carbocycles. The molecule has 0 spiro atoms. The van der Waals surface area contributed by atoms with E-state index in [9.17, 15) is 4.39 Å². The van der Waals surface area contributed by atoms with Gasteiger partial charge < -0.3 is 19.6 Å². The van der Waals surface area contributed by atoms with Gasteiger partial charge in [-0.05, 0) is 69.6 Å². The molecule has 1 saturated heterocycles. The van der Waals surface area contributed by atoms with Crippen molar-refractivity contribution in [1.29, 1.82) is 0 Å². The van der Waals surface area contributed by atoms with E-state index in [4.69, 9.17) is 4.42 Å². The van der Waals surface area contributed by atoms with Crippen LogP contribution in [0.25, 0.3) is 5.69 Å². The molecule has 0 radical (unpaired) electrons. The summed E-state index contributed by atoms with van der Waals surface area (Å²) in [4.78, 5) is 11.3. The number of likely N-dealkylation sites (tertiary alicyclic amines) is 1. The van der Waals surface area contributed by atoms with Gasteiger partial charge in [0, 0.05) is 25.5 Å². The number of nitrogens with zero attached hydrogens (tertiary/aromatic N) is 4. The summed E-state index contributed by atoms with van der Waals surface area (Å²) in [5, 5.41) is 6.73. The van der Waals surface area contributed by atoms with Gasteiger partial charge in [-0.3, -0.25) is 4.90 Å². The van der Waals surface area contributed by atoms with Crippen LogP contribution in [0.5, 0.6) is 0 Å². The number of halogens is 2. The van der Waals surface area contributed by atoms with Gasteiger partial charge in [0.2, 0.25) is 0 Å². The van der Waals surface area contributed by atoms with E-state index in [1.807, 2.05) is 32.0 Å². The summed E-state index contributed by atoms with van der Waals surface area (Å²) >= 11 is 0. The first kappa shape index (κ1) is 25.2. The van der Waals surface area contributed by atoms with Gasteiger partial charge in [0.25, 0.3) is 0 Å². The summed E-state index contributed by atoms with van der Waals surface area (Å²) in [7, 11) is 0. The molecule has 1 atom stereocenters. The van der Waals surface area contributed by atoms with Crippen LogP contribution in [-0.2, 0) is 6.54 Å². The van der Waals surface area contributed by atoms with Crippen molar-refractivity contribution in [3.63, 3.8) is 0 Å². The summed E-state index contributed by atoms with van der Waals surface area (Å²) in [6, 6.07) is 9.34. The van der Waals surface area contributed by atoms with E-state index in [0.29, 0.717) is 24.7 Å². The van der Waals surface area contributed by atoms with Crippen LogP contribution in [0.3, 0.4) is 0 Å². The smallest absolute Gasteiger partial charge is 0.191 e. The van der Waals surface area contributed by atoms with E-state index in [1.54, 1.807) is 29.3 Å². The fourth-order valence-electron chi connectivity index (χ4n) is 4.13. The number of nitrogens with one attached hydrogen (secondary N) is 2. The Morgan fingerprint density at radius 1 is 1.24 bits per heavy atom. The van der Waals surface area contributed by atoms with Gasteiger partial charge in [-0.25, -0.2) is 14.4 Å². The average Bonchev–Trinajstić information content (AvgIpc) is 3.56. The lowest BCUT2D eigenvalue weighted by atomic mass is 10.2. The summed E-state index contributed by atoms with van der Waals surface area (Å²) in [6.45, 7) is 7.84. The van der Waals surface area contributed by atoms with E-state index < -0.39 is 0 Å². The molecule has 1 aliphatic heterocycles. The molecule has 2 aromatic heterocycles. The first-order chi connectivity index (χ1) is 15.7. The van der Waals surface area contributed by atoms with Crippen LogP contribution in [-0.4, -0.2) is 46.6 Å². The molecule has 7 nitrogen and oxygen atoms in total. The van der Waals surface area contributed by atoms with Crippen molar-refractivity contribution in [3.8, 4) is 5.69 Å². The maximum absolute atomic E-state index is 14.7. The molecule has 0 bridgehead atoms. The first-order valence-electron chi connectivity index (χ1n) is 11.2. The van der Waals surface area contributed by atoms with Crippen LogP contribution in [0, 0.1) is 12.7 Å². The zero-order valence-electron chi connectivity index (χ0n) is 19.1. The molecule has 1 fully saturated rings. The summed E-state index contributed by atoms with van der Waals surface area (Å²) < 4.78 is 22.1. The highest BCUT2D eigenvalue weighted by Crippen LogP contribution is 2.25. The molecule has 33 heavy (non-hydrogen) atoms. The minimum Gasteiger partial charge on any atom is -0.468 e. The molecule has 1 aromatic carbocycles. The molecule has 3 heterocycles. The van der Waals surface area contributed by atoms with Gasteiger partial charge in [-0.1, -0.05) is 6.07 Å². The Balaban J connectivity index is 0.00000306. The number of hydrogen-bond acceptors (Lipinski definition) is 4. The number of aromatic nitrogens is 2. The highest BCUT2D eigenvalue weighted by Gasteiger charge is 2.25. The molecular weight excluding hydrogens is 534 g/mol. The maximum atomic E-state index is 14.7. The monoisotopic (exact) mass is 566 g/mol. The lowest BCUT2D eigenvalue weighted by molar-refractivity contribution is 0.215. The fraction of sp³-hybridized carbons (Fsp3) is 0.417. The highest BCUT2D eigenvalue weighted by molar-refractivity contribution is 14.0. The second-order valence-electron chi connectivity index (χ2n) is 7.98. The molecule has 9 heteroatoms. The Kier molecular flexibility index (Phi) is 9.30. The van der Waals surface area contributed by atoms with E-state index in [1.165, 1.54) is 18.9 Å². The van der Waals surface area contributed by atoms with Crippen molar-refractivity contribution in [2.75, 3.05) is 26.2 Å². The zero-order valence-corrected chi connectivity index (χ0v) is 21.5. The first-order valence-corrected chi connectivity index (χ1v) is 11.2. The predicted molar refractivity (Wildman–Crippen MR) is 139 cm³/mol. The minimum atomic E-state index is -0.288. The number of aliphatic imine (C=N–C) groups is 1. The van der Waals surface area contributed by atoms with Crippen LogP contribution >= 0.6 is 24.0 Å². The molecule has 3 aromatic rings. The number of furan rings is 1. The number of guanidine groups is 1. The van der Waals surface area contributed by atoms with Gasteiger partial charge in [0.1, 0.15) is 17.4 Å². The molecule has 0 saturated carbocycles. The van der Waals surface area contributed by atoms with Crippen molar-refractivity contribution in [1.82, 2.24) is 25.1 Å². The summed E-state index contributed by atoms with van der Waals surface area (Å²) in [6.07, 6.45) is 7.58. The van der Waals surface area contributed by atoms with Crippen molar-refractivity contribution >= 4 is 29.9 Å². The largest absolute Gasteiger partial charge is 0.468 e. The molecule has 1 unspecified atom stereocenters. The van der Waals surface area contributed by atoms with Crippen LogP contribution in [0.15, 0.2) is 58.4 Å². The van der Waals surface area contributed by atoms with E-state index in [2.05, 4.69) is 25.5 Å². The van der Waals surface area contributed by atoms with Crippen LogP contribution < -0.4 is 10.6 Å². The van der Waals surface area contributed by atoms with Crippen LogP contribution in [0.2, 0.25) is 0 Å². The van der Waals surface area contributed by atoms with Crippen molar-refractivity contribution in [3.05, 3.63) is 72.0 Å². The second-order valence-corrected chi connectivity index (χ2v) is 7.98. The fourth-order valence-corrected chi connectivity index (χ4v) is 4.13. The van der Waals surface area contributed by atoms with E-state index in [0.717, 1.165) is 36.8 Å². The zero-order chi connectivity index (χ0) is 22.3.